The maximum absolute atomic E-state index is 13.0. The van der Waals surface area contributed by atoms with Gasteiger partial charge in [0.25, 0.3) is 0 Å². The summed E-state index contributed by atoms with van der Waals surface area (Å²) in [6, 6.07) is 9.21. The van der Waals surface area contributed by atoms with Gasteiger partial charge in [0, 0.05) is 17.3 Å². The van der Waals surface area contributed by atoms with Crippen molar-refractivity contribution in [3.05, 3.63) is 58.8 Å². The molecule has 25 heavy (non-hydrogen) atoms. The molecule has 0 spiro atoms. The summed E-state index contributed by atoms with van der Waals surface area (Å²) in [4.78, 5) is 20.0. The van der Waals surface area contributed by atoms with Gasteiger partial charge in [0.05, 0.1) is 5.69 Å². The van der Waals surface area contributed by atoms with Crippen LogP contribution in [0.4, 0.5) is 4.39 Å². The van der Waals surface area contributed by atoms with Crippen LogP contribution in [-0.4, -0.2) is 21.0 Å². The molecule has 2 aromatic heterocycles. The molecule has 7 heteroatoms. The molecule has 0 bridgehead atoms. The number of benzene rings is 1. The van der Waals surface area contributed by atoms with Gasteiger partial charge in [-0.1, -0.05) is 0 Å². The normalized spacial score (nSPS) is 11.5. The lowest BCUT2D eigenvalue weighted by atomic mass is 9.89. The van der Waals surface area contributed by atoms with E-state index in [0.29, 0.717) is 33.1 Å². The maximum Gasteiger partial charge on any atom is 0.315 e. The fourth-order valence-corrected chi connectivity index (χ4v) is 2.68. The van der Waals surface area contributed by atoms with E-state index in [2.05, 4.69) is 25.9 Å². The van der Waals surface area contributed by atoms with Gasteiger partial charge in [-0.25, -0.2) is 9.37 Å². The number of nitrogens with zero attached hydrogens (tertiary/aromatic N) is 2. The first-order valence-corrected chi connectivity index (χ1v) is 8.21. The van der Waals surface area contributed by atoms with Crippen molar-refractivity contribution in [3.63, 3.8) is 0 Å². The molecule has 0 radical (unpaired) electrons. The van der Waals surface area contributed by atoms with Crippen LogP contribution in [0.25, 0.3) is 22.7 Å². The van der Waals surface area contributed by atoms with Crippen molar-refractivity contribution < 1.29 is 18.7 Å². The highest BCUT2D eigenvalue weighted by molar-refractivity contribution is 9.10. The summed E-state index contributed by atoms with van der Waals surface area (Å²) >= 11 is 3.32. The molecule has 3 rings (SSSR count). The number of pyridine rings is 1. The van der Waals surface area contributed by atoms with Crippen LogP contribution in [-0.2, 0) is 10.2 Å². The molecule has 1 N–H and O–H groups in total. The standard InChI is InChI=1S/C18H14BrFN2O3/c1-18(2,17(23)24)13-8-5-11(9-21-13)14-15(19)25-16(22-14)10-3-6-12(20)7-4-10/h3-9H,1-2H3,(H,23,24). The Bertz CT molecular complexity index is 918. The summed E-state index contributed by atoms with van der Waals surface area (Å²) in [5.74, 6) is -0.943. The van der Waals surface area contributed by atoms with Crippen LogP contribution < -0.4 is 0 Å². The van der Waals surface area contributed by atoms with Gasteiger partial charge in [0.2, 0.25) is 5.89 Å². The summed E-state index contributed by atoms with van der Waals surface area (Å²) in [7, 11) is 0. The Hall–Kier alpha value is -2.54. The average Bonchev–Trinajstić information content (AvgIpc) is 2.97. The Balaban J connectivity index is 1.95. The number of aliphatic carboxylic acids is 1. The molecule has 0 aliphatic heterocycles. The molecule has 3 aromatic rings. The molecule has 128 valence electrons. The van der Waals surface area contributed by atoms with E-state index in [4.69, 9.17) is 4.42 Å². The van der Waals surface area contributed by atoms with Gasteiger partial charge in [-0.05, 0) is 66.2 Å². The molecule has 0 aliphatic carbocycles. The predicted molar refractivity (Wildman–Crippen MR) is 93.5 cm³/mol. The summed E-state index contributed by atoms with van der Waals surface area (Å²) in [6.07, 6.45) is 1.55. The molecule has 0 unspecified atom stereocenters. The Labute approximate surface area is 151 Å². The molecular formula is C18H14BrFN2O3. The van der Waals surface area contributed by atoms with Crippen molar-refractivity contribution in [2.75, 3.05) is 0 Å². The number of oxazole rings is 1. The number of rotatable bonds is 4. The van der Waals surface area contributed by atoms with E-state index in [1.165, 1.54) is 12.1 Å². The number of carboxylic acid groups (broad SMARTS) is 1. The Morgan fingerprint density at radius 2 is 1.80 bits per heavy atom. The van der Waals surface area contributed by atoms with Crippen molar-refractivity contribution in [3.8, 4) is 22.7 Å². The fraction of sp³-hybridized carbons (Fsp3) is 0.167. The van der Waals surface area contributed by atoms with Crippen LogP contribution in [0, 0.1) is 5.82 Å². The number of hydrogen-bond acceptors (Lipinski definition) is 4. The predicted octanol–water partition coefficient (Wildman–Crippen LogP) is 4.67. The van der Waals surface area contributed by atoms with Crippen LogP contribution >= 0.6 is 15.9 Å². The number of carbonyl (C=O) groups is 1. The summed E-state index contributed by atoms with van der Waals surface area (Å²) in [5.41, 5.74) is 1.21. The van der Waals surface area contributed by atoms with E-state index < -0.39 is 11.4 Å². The molecular weight excluding hydrogens is 391 g/mol. The molecule has 0 saturated heterocycles. The van der Waals surface area contributed by atoms with E-state index in [1.54, 1.807) is 44.3 Å². The zero-order valence-electron chi connectivity index (χ0n) is 13.5. The van der Waals surface area contributed by atoms with Gasteiger partial charge >= 0.3 is 5.97 Å². The highest BCUT2D eigenvalue weighted by atomic mass is 79.9. The fourth-order valence-electron chi connectivity index (χ4n) is 2.21. The van der Waals surface area contributed by atoms with Gasteiger partial charge in [0.1, 0.15) is 16.9 Å². The number of hydrogen-bond donors (Lipinski definition) is 1. The molecule has 0 fully saturated rings. The Morgan fingerprint density at radius 3 is 2.36 bits per heavy atom. The van der Waals surface area contributed by atoms with E-state index in [-0.39, 0.29) is 5.82 Å². The monoisotopic (exact) mass is 404 g/mol. The topological polar surface area (TPSA) is 76.2 Å². The number of carboxylic acids is 1. The van der Waals surface area contributed by atoms with E-state index in [1.807, 2.05) is 0 Å². The maximum atomic E-state index is 13.0. The number of halogens is 2. The van der Waals surface area contributed by atoms with Gasteiger partial charge in [-0.15, -0.1) is 0 Å². The van der Waals surface area contributed by atoms with Crippen LogP contribution in [0.2, 0.25) is 0 Å². The molecule has 5 nitrogen and oxygen atoms in total. The summed E-state index contributed by atoms with van der Waals surface area (Å²) in [5, 5.41) is 9.27. The highest BCUT2D eigenvalue weighted by Crippen LogP contribution is 2.33. The van der Waals surface area contributed by atoms with Gasteiger partial charge in [0.15, 0.2) is 4.67 Å². The van der Waals surface area contributed by atoms with Crippen LogP contribution in [0.3, 0.4) is 0 Å². The minimum absolute atomic E-state index is 0.338. The van der Waals surface area contributed by atoms with Gasteiger partial charge in [-0.3, -0.25) is 9.78 Å². The highest BCUT2D eigenvalue weighted by Gasteiger charge is 2.31. The first-order valence-electron chi connectivity index (χ1n) is 7.41. The third-order valence-corrected chi connectivity index (χ3v) is 4.43. The first-order chi connectivity index (χ1) is 11.8. The summed E-state index contributed by atoms with van der Waals surface area (Å²) < 4.78 is 19.0. The minimum Gasteiger partial charge on any atom is -0.481 e. The lowest BCUT2D eigenvalue weighted by Crippen LogP contribution is -2.29. The van der Waals surface area contributed by atoms with E-state index in [9.17, 15) is 14.3 Å². The van der Waals surface area contributed by atoms with Crippen molar-refractivity contribution in [1.29, 1.82) is 0 Å². The summed E-state index contributed by atoms with van der Waals surface area (Å²) in [6.45, 7) is 3.19. The van der Waals surface area contributed by atoms with Gasteiger partial charge < -0.3 is 9.52 Å². The second kappa shape index (κ2) is 6.40. The van der Waals surface area contributed by atoms with Crippen molar-refractivity contribution in [1.82, 2.24) is 9.97 Å². The second-order valence-corrected chi connectivity index (χ2v) is 6.73. The third kappa shape index (κ3) is 3.32. The quantitative estimate of drug-likeness (QED) is 0.683. The largest absolute Gasteiger partial charge is 0.481 e. The minimum atomic E-state index is -1.08. The molecule has 0 saturated carbocycles. The van der Waals surface area contributed by atoms with Crippen LogP contribution in [0.5, 0.6) is 0 Å². The lowest BCUT2D eigenvalue weighted by Gasteiger charge is -2.18. The van der Waals surface area contributed by atoms with Crippen molar-refractivity contribution in [2.24, 2.45) is 0 Å². The Kier molecular flexibility index (Phi) is 4.43. The smallest absolute Gasteiger partial charge is 0.315 e. The van der Waals surface area contributed by atoms with E-state index >= 15 is 0 Å². The molecule has 2 heterocycles. The molecule has 0 atom stereocenters. The Morgan fingerprint density at radius 1 is 1.16 bits per heavy atom. The first kappa shape index (κ1) is 17.3. The van der Waals surface area contributed by atoms with E-state index in [0.717, 1.165) is 0 Å². The van der Waals surface area contributed by atoms with Crippen molar-refractivity contribution in [2.45, 2.75) is 19.3 Å². The lowest BCUT2D eigenvalue weighted by molar-refractivity contribution is -0.142. The molecule has 0 aliphatic rings. The van der Waals surface area contributed by atoms with Gasteiger partial charge in [-0.2, -0.15) is 0 Å². The average molecular weight is 405 g/mol. The molecule has 0 amide bonds. The third-order valence-electron chi connectivity index (χ3n) is 3.89. The number of aromatic nitrogens is 2. The zero-order chi connectivity index (χ0) is 18.2. The van der Waals surface area contributed by atoms with Crippen LogP contribution in [0.15, 0.2) is 51.7 Å². The molecule has 1 aromatic carbocycles. The zero-order valence-corrected chi connectivity index (χ0v) is 15.0. The SMILES string of the molecule is CC(C)(C(=O)O)c1ccc(-c2nc(-c3ccc(F)cc3)oc2Br)cn1. The second-order valence-electron chi connectivity index (χ2n) is 6.01. The van der Waals surface area contributed by atoms with Crippen LogP contribution in [0.1, 0.15) is 19.5 Å². The van der Waals surface area contributed by atoms with Crippen molar-refractivity contribution >= 4 is 21.9 Å².